The Morgan fingerprint density at radius 1 is 0.964 bits per heavy atom. The van der Waals surface area contributed by atoms with E-state index in [-0.39, 0.29) is 0 Å². The lowest BCUT2D eigenvalue weighted by Crippen LogP contribution is -2.16. The first-order chi connectivity index (χ1) is 13.7. The Morgan fingerprint density at radius 3 is 2.36 bits per heavy atom. The Balaban J connectivity index is 1.38. The van der Waals surface area contributed by atoms with E-state index < -0.39 is 5.97 Å². The number of carboxylic acid groups (broad SMARTS) is 1. The maximum absolute atomic E-state index is 10.9. The van der Waals surface area contributed by atoms with Crippen molar-refractivity contribution in [3.05, 3.63) is 70.7 Å². The standard InChI is InChI=1S/C23H24N2O2S/c26-22(27)15-17-6-8-18(9-7-17)19-10-12-20(13-11-19)23-25-24-21(28-23)14-16-4-2-1-3-5-16/h1-5,10-13,17-18H,6-9,14-15H2,(H,26,27). The van der Waals surface area contributed by atoms with Gasteiger partial charge in [0.2, 0.25) is 0 Å². The molecule has 2 aromatic carbocycles. The minimum atomic E-state index is -0.670. The van der Waals surface area contributed by atoms with Gasteiger partial charge in [0.25, 0.3) is 0 Å². The molecule has 0 spiro atoms. The summed E-state index contributed by atoms with van der Waals surface area (Å²) in [5.74, 6) is 0.219. The first-order valence-corrected chi connectivity index (χ1v) is 10.7. The number of nitrogens with zero attached hydrogens (tertiary/aromatic N) is 2. The van der Waals surface area contributed by atoms with Crippen LogP contribution >= 0.6 is 11.3 Å². The molecule has 5 heteroatoms. The van der Waals surface area contributed by atoms with E-state index in [1.54, 1.807) is 11.3 Å². The second kappa shape index (κ2) is 8.65. The fourth-order valence-electron chi connectivity index (χ4n) is 4.06. The molecule has 28 heavy (non-hydrogen) atoms. The molecule has 0 amide bonds. The van der Waals surface area contributed by atoms with Gasteiger partial charge in [-0.1, -0.05) is 65.9 Å². The fraction of sp³-hybridized carbons (Fsp3) is 0.348. The minimum absolute atomic E-state index is 0.314. The first kappa shape index (κ1) is 18.8. The molecule has 4 rings (SSSR count). The molecule has 0 unspecified atom stereocenters. The van der Waals surface area contributed by atoms with E-state index in [0.717, 1.165) is 47.7 Å². The van der Waals surface area contributed by atoms with Crippen LogP contribution < -0.4 is 0 Å². The Hall–Kier alpha value is -2.53. The summed E-state index contributed by atoms with van der Waals surface area (Å²) < 4.78 is 0. The Labute approximate surface area is 169 Å². The number of carboxylic acids is 1. The normalized spacial score (nSPS) is 19.4. The molecule has 144 valence electrons. The Kier molecular flexibility index (Phi) is 5.81. The molecule has 1 N–H and O–H groups in total. The van der Waals surface area contributed by atoms with Crippen LogP contribution in [-0.4, -0.2) is 21.3 Å². The molecule has 0 atom stereocenters. The van der Waals surface area contributed by atoms with Gasteiger partial charge >= 0.3 is 5.97 Å². The molecule has 3 aromatic rings. The molecule has 0 saturated heterocycles. The zero-order chi connectivity index (χ0) is 19.3. The van der Waals surface area contributed by atoms with Crippen LogP contribution in [0, 0.1) is 5.92 Å². The molecule has 0 bridgehead atoms. The second-order valence-corrected chi connectivity index (χ2v) is 8.66. The van der Waals surface area contributed by atoms with Crippen molar-refractivity contribution in [2.75, 3.05) is 0 Å². The van der Waals surface area contributed by atoms with Gasteiger partial charge < -0.3 is 5.11 Å². The highest BCUT2D eigenvalue weighted by atomic mass is 32.1. The molecule has 1 fully saturated rings. The van der Waals surface area contributed by atoms with Gasteiger partial charge in [-0.3, -0.25) is 4.79 Å². The van der Waals surface area contributed by atoms with Crippen LogP contribution in [0.15, 0.2) is 54.6 Å². The zero-order valence-corrected chi connectivity index (χ0v) is 16.6. The summed E-state index contributed by atoms with van der Waals surface area (Å²) >= 11 is 1.65. The number of benzene rings is 2. The number of hydrogen-bond acceptors (Lipinski definition) is 4. The molecular formula is C23H24N2O2S. The lowest BCUT2D eigenvalue weighted by molar-refractivity contribution is -0.138. The van der Waals surface area contributed by atoms with Crippen LogP contribution in [0.5, 0.6) is 0 Å². The summed E-state index contributed by atoms with van der Waals surface area (Å²) in [6.45, 7) is 0. The average molecular weight is 393 g/mol. The Morgan fingerprint density at radius 2 is 1.68 bits per heavy atom. The van der Waals surface area contributed by atoms with Crippen LogP contribution in [0.3, 0.4) is 0 Å². The highest BCUT2D eigenvalue weighted by Gasteiger charge is 2.24. The van der Waals surface area contributed by atoms with Gasteiger partial charge in [-0.15, -0.1) is 10.2 Å². The van der Waals surface area contributed by atoms with Crippen molar-refractivity contribution in [3.63, 3.8) is 0 Å². The second-order valence-electron chi connectivity index (χ2n) is 7.60. The highest BCUT2D eigenvalue weighted by Crippen LogP contribution is 2.37. The van der Waals surface area contributed by atoms with Gasteiger partial charge in [0.15, 0.2) is 0 Å². The topological polar surface area (TPSA) is 63.1 Å². The van der Waals surface area contributed by atoms with Gasteiger partial charge in [0.05, 0.1) is 0 Å². The number of hydrogen-bond donors (Lipinski definition) is 1. The van der Waals surface area contributed by atoms with Gasteiger partial charge in [0, 0.05) is 18.4 Å². The van der Waals surface area contributed by atoms with Gasteiger partial charge in [-0.2, -0.15) is 0 Å². The van der Waals surface area contributed by atoms with Gasteiger partial charge in [0.1, 0.15) is 10.0 Å². The predicted octanol–water partition coefficient (Wildman–Crippen LogP) is 5.54. The van der Waals surface area contributed by atoms with E-state index in [4.69, 9.17) is 5.11 Å². The van der Waals surface area contributed by atoms with Crippen molar-refractivity contribution in [3.8, 4) is 10.6 Å². The largest absolute Gasteiger partial charge is 0.481 e. The summed E-state index contributed by atoms with van der Waals surface area (Å²) in [7, 11) is 0. The van der Waals surface area contributed by atoms with Crippen molar-refractivity contribution < 1.29 is 9.90 Å². The van der Waals surface area contributed by atoms with E-state index >= 15 is 0 Å². The molecule has 0 aliphatic heterocycles. The van der Waals surface area contributed by atoms with E-state index in [9.17, 15) is 4.79 Å². The van der Waals surface area contributed by atoms with Crippen molar-refractivity contribution >= 4 is 17.3 Å². The summed E-state index contributed by atoms with van der Waals surface area (Å²) in [5.41, 5.74) is 3.71. The average Bonchev–Trinajstić information content (AvgIpc) is 3.17. The maximum Gasteiger partial charge on any atom is 0.303 e. The van der Waals surface area contributed by atoms with Crippen LogP contribution in [0.1, 0.15) is 54.2 Å². The monoisotopic (exact) mass is 392 g/mol. The van der Waals surface area contributed by atoms with E-state index in [2.05, 4.69) is 46.6 Å². The molecule has 0 radical (unpaired) electrons. The number of carbonyl (C=O) groups is 1. The van der Waals surface area contributed by atoms with E-state index in [1.165, 1.54) is 11.1 Å². The van der Waals surface area contributed by atoms with Crippen molar-refractivity contribution in [2.24, 2.45) is 5.92 Å². The van der Waals surface area contributed by atoms with E-state index in [0.29, 0.717) is 18.3 Å². The third-order valence-electron chi connectivity index (χ3n) is 5.60. The minimum Gasteiger partial charge on any atom is -0.481 e. The first-order valence-electron chi connectivity index (χ1n) is 9.86. The summed E-state index contributed by atoms with van der Waals surface area (Å²) in [4.78, 5) is 10.9. The third-order valence-corrected chi connectivity index (χ3v) is 6.58. The van der Waals surface area contributed by atoms with Crippen LogP contribution in [0.2, 0.25) is 0 Å². The smallest absolute Gasteiger partial charge is 0.303 e. The predicted molar refractivity (Wildman–Crippen MR) is 112 cm³/mol. The quantitative estimate of drug-likeness (QED) is 0.598. The summed E-state index contributed by atoms with van der Waals surface area (Å²) in [6.07, 6.45) is 5.31. The number of aliphatic carboxylic acids is 1. The zero-order valence-electron chi connectivity index (χ0n) is 15.8. The Bertz CT molecular complexity index is 913. The molecule has 1 heterocycles. The van der Waals surface area contributed by atoms with Crippen molar-refractivity contribution in [2.45, 2.75) is 44.4 Å². The SMILES string of the molecule is O=C(O)CC1CCC(c2ccc(-c3nnc(Cc4ccccc4)s3)cc2)CC1. The molecule has 1 saturated carbocycles. The molecule has 1 aliphatic rings. The van der Waals surface area contributed by atoms with Crippen molar-refractivity contribution in [1.29, 1.82) is 0 Å². The van der Waals surface area contributed by atoms with Crippen LogP contribution in [0.4, 0.5) is 0 Å². The summed E-state index contributed by atoms with van der Waals surface area (Å²) in [5, 5.41) is 19.7. The van der Waals surface area contributed by atoms with Gasteiger partial charge in [-0.05, 0) is 48.6 Å². The summed E-state index contributed by atoms with van der Waals surface area (Å²) in [6, 6.07) is 19.0. The molecular weight excluding hydrogens is 368 g/mol. The highest BCUT2D eigenvalue weighted by molar-refractivity contribution is 7.14. The molecule has 1 aromatic heterocycles. The maximum atomic E-state index is 10.9. The molecule has 4 nitrogen and oxygen atoms in total. The van der Waals surface area contributed by atoms with Crippen molar-refractivity contribution in [1.82, 2.24) is 10.2 Å². The third kappa shape index (κ3) is 4.65. The van der Waals surface area contributed by atoms with Crippen LogP contribution in [-0.2, 0) is 11.2 Å². The van der Waals surface area contributed by atoms with Gasteiger partial charge in [-0.25, -0.2) is 0 Å². The number of rotatable bonds is 6. The lowest BCUT2D eigenvalue weighted by atomic mass is 9.77. The van der Waals surface area contributed by atoms with Crippen LogP contribution in [0.25, 0.3) is 10.6 Å². The lowest BCUT2D eigenvalue weighted by Gasteiger charge is -2.28. The molecule has 1 aliphatic carbocycles. The number of aromatic nitrogens is 2. The fourth-order valence-corrected chi connectivity index (χ4v) is 4.94. The van der Waals surface area contributed by atoms with E-state index in [1.807, 2.05) is 18.2 Å².